The minimum Gasteiger partial charge on any atom is -0.457 e. The predicted octanol–water partition coefficient (Wildman–Crippen LogP) is 4.32. The molecule has 0 fully saturated rings. The quantitative estimate of drug-likeness (QED) is 0.530. The molecule has 0 saturated heterocycles. The number of H-pyrrole nitrogens is 1. The first-order chi connectivity index (χ1) is 13.4. The molecular formula is C23H22NO3Si. The van der Waals surface area contributed by atoms with Crippen molar-refractivity contribution in [2.45, 2.75) is 25.8 Å². The van der Waals surface area contributed by atoms with Crippen molar-refractivity contribution in [3.63, 3.8) is 0 Å². The number of rotatable bonds is 4. The Labute approximate surface area is 165 Å². The Hall–Kier alpha value is -3.05. The Morgan fingerprint density at radius 1 is 0.929 bits per heavy atom. The molecule has 1 N–H and O–H groups in total. The topological polar surface area (TPSA) is 55.2 Å². The molecule has 4 nitrogen and oxygen atoms in total. The van der Waals surface area contributed by atoms with Crippen molar-refractivity contribution in [1.29, 1.82) is 0 Å². The van der Waals surface area contributed by atoms with E-state index in [9.17, 15) is 4.79 Å². The summed E-state index contributed by atoms with van der Waals surface area (Å²) in [5.41, 5.74) is 1.15. The van der Waals surface area contributed by atoms with Gasteiger partial charge in [-0.1, -0.05) is 74.5 Å². The average Bonchev–Trinajstić information content (AvgIpc) is 3.02. The number of hydrogen-bond donors (Lipinski definition) is 1. The highest BCUT2D eigenvalue weighted by atomic mass is 28.3. The summed E-state index contributed by atoms with van der Waals surface area (Å²) in [5, 5.41) is 2.67. The van der Waals surface area contributed by atoms with E-state index in [1.54, 1.807) is 12.1 Å². The molecule has 28 heavy (non-hydrogen) atoms. The third-order valence-corrected chi connectivity index (χ3v) is 7.95. The van der Waals surface area contributed by atoms with Gasteiger partial charge in [0.15, 0.2) is 5.58 Å². The molecule has 0 spiro atoms. The molecule has 0 amide bonds. The van der Waals surface area contributed by atoms with Crippen LogP contribution >= 0.6 is 0 Å². The van der Waals surface area contributed by atoms with Crippen LogP contribution in [0.2, 0.25) is 5.04 Å². The van der Waals surface area contributed by atoms with Gasteiger partial charge in [0.1, 0.15) is 20.3 Å². The van der Waals surface area contributed by atoms with Gasteiger partial charge in [-0.15, -0.1) is 0 Å². The van der Waals surface area contributed by atoms with Crippen molar-refractivity contribution >= 4 is 30.3 Å². The molecule has 1 aromatic heterocycles. The molecular weight excluding hydrogens is 366 g/mol. The molecule has 0 bridgehead atoms. The summed E-state index contributed by atoms with van der Waals surface area (Å²) in [4.78, 5) is 14.1. The first kappa shape index (κ1) is 18.3. The Morgan fingerprint density at radius 3 is 2.39 bits per heavy atom. The SMILES string of the molecule is CC(C)(C)[Si](c1ccccc1)c1ccccc1Oc1ccc2[nH]c(=O)oc2c1. The number of aromatic amines is 1. The van der Waals surface area contributed by atoms with Gasteiger partial charge in [0, 0.05) is 6.07 Å². The normalized spacial score (nSPS) is 11.9. The van der Waals surface area contributed by atoms with Gasteiger partial charge in [0.2, 0.25) is 0 Å². The molecule has 4 aromatic rings. The molecule has 0 aliphatic carbocycles. The van der Waals surface area contributed by atoms with Gasteiger partial charge in [0.25, 0.3) is 0 Å². The third-order valence-electron chi connectivity index (χ3n) is 4.59. The third kappa shape index (κ3) is 3.66. The van der Waals surface area contributed by atoms with E-state index in [1.165, 1.54) is 10.4 Å². The second-order valence-electron chi connectivity index (χ2n) is 7.76. The Bertz CT molecular complexity index is 1160. The lowest BCUT2D eigenvalue weighted by atomic mass is 10.2. The summed E-state index contributed by atoms with van der Waals surface area (Å²) < 4.78 is 11.4. The number of hydrogen-bond acceptors (Lipinski definition) is 3. The predicted molar refractivity (Wildman–Crippen MR) is 115 cm³/mol. The van der Waals surface area contributed by atoms with Crippen LogP contribution in [0.5, 0.6) is 11.5 Å². The van der Waals surface area contributed by atoms with Crippen LogP contribution in [0.1, 0.15) is 20.8 Å². The minimum atomic E-state index is -1.11. The van der Waals surface area contributed by atoms with Crippen LogP contribution in [-0.4, -0.2) is 13.8 Å². The first-order valence-corrected chi connectivity index (χ1v) is 10.7. The van der Waals surface area contributed by atoms with Gasteiger partial charge in [-0.05, 0) is 28.4 Å². The number of oxazole rings is 1. The summed E-state index contributed by atoms with van der Waals surface area (Å²) in [6.07, 6.45) is 0. The van der Waals surface area contributed by atoms with E-state index >= 15 is 0 Å². The molecule has 0 aliphatic rings. The van der Waals surface area contributed by atoms with E-state index in [0.717, 1.165) is 5.75 Å². The second-order valence-corrected chi connectivity index (χ2v) is 11.1. The van der Waals surface area contributed by atoms with Crippen molar-refractivity contribution in [2.75, 3.05) is 0 Å². The van der Waals surface area contributed by atoms with Crippen LogP contribution < -0.4 is 20.9 Å². The smallest absolute Gasteiger partial charge is 0.417 e. The van der Waals surface area contributed by atoms with Gasteiger partial charge in [0.05, 0.1) is 5.52 Å². The van der Waals surface area contributed by atoms with Gasteiger partial charge in [-0.25, -0.2) is 4.79 Å². The van der Waals surface area contributed by atoms with Gasteiger partial charge in [-0.2, -0.15) is 0 Å². The molecule has 141 valence electrons. The summed E-state index contributed by atoms with van der Waals surface area (Å²) in [6, 6.07) is 24.3. The summed E-state index contributed by atoms with van der Waals surface area (Å²) in [5.74, 6) is 1.02. The highest BCUT2D eigenvalue weighted by molar-refractivity contribution is 6.88. The molecule has 0 saturated carbocycles. The maximum absolute atomic E-state index is 11.4. The number of para-hydroxylation sites is 1. The summed E-state index contributed by atoms with van der Waals surface area (Å²) in [7, 11) is -1.11. The van der Waals surface area contributed by atoms with Crippen molar-refractivity contribution in [3.8, 4) is 11.5 Å². The van der Waals surface area contributed by atoms with E-state index in [2.05, 4.69) is 62.2 Å². The van der Waals surface area contributed by atoms with Gasteiger partial charge in [-0.3, -0.25) is 4.98 Å². The zero-order valence-electron chi connectivity index (χ0n) is 16.2. The van der Waals surface area contributed by atoms with E-state index in [-0.39, 0.29) is 5.04 Å². The molecule has 0 unspecified atom stereocenters. The molecule has 0 aliphatic heterocycles. The molecule has 3 aromatic carbocycles. The molecule has 1 heterocycles. The van der Waals surface area contributed by atoms with E-state index in [4.69, 9.17) is 9.15 Å². The van der Waals surface area contributed by atoms with Crippen molar-refractivity contribution < 1.29 is 9.15 Å². The fourth-order valence-electron chi connectivity index (χ4n) is 3.48. The lowest BCUT2D eigenvalue weighted by molar-refractivity contribution is 0.484. The van der Waals surface area contributed by atoms with Crippen LogP contribution in [0.25, 0.3) is 11.1 Å². The van der Waals surface area contributed by atoms with Crippen molar-refractivity contribution in [3.05, 3.63) is 83.3 Å². The fraction of sp³-hybridized carbons (Fsp3) is 0.174. The van der Waals surface area contributed by atoms with Gasteiger partial charge < -0.3 is 9.15 Å². The minimum absolute atomic E-state index is 0.100. The van der Waals surface area contributed by atoms with Gasteiger partial charge >= 0.3 is 5.76 Å². The molecule has 4 rings (SSSR count). The highest BCUT2D eigenvalue weighted by Crippen LogP contribution is 2.30. The second kappa shape index (κ2) is 7.17. The lowest BCUT2D eigenvalue weighted by Crippen LogP contribution is -2.49. The lowest BCUT2D eigenvalue weighted by Gasteiger charge is -2.31. The Kier molecular flexibility index (Phi) is 4.69. The maximum Gasteiger partial charge on any atom is 0.417 e. The number of nitrogens with one attached hydrogen (secondary N) is 1. The van der Waals surface area contributed by atoms with Crippen LogP contribution in [-0.2, 0) is 0 Å². The number of ether oxygens (including phenoxy) is 1. The number of aromatic nitrogens is 1. The Balaban J connectivity index is 1.77. The largest absolute Gasteiger partial charge is 0.457 e. The van der Waals surface area contributed by atoms with Crippen LogP contribution in [0.3, 0.4) is 0 Å². The van der Waals surface area contributed by atoms with Crippen LogP contribution in [0.4, 0.5) is 0 Å². The summed E-state index contributed by atoms with van der Waals surface area (Å²) >= 11 is 0. The standard InChI is InChI=1S/C23H22NO3Si/c1-23(2,3)28(17-9-5-4-6-10-17)21-12-8-7-11-19(21)26-16-13-14-18-20(15-16)27-22(25)24-18/h4-15H,1-3H3,(H,24,25). The average molecular weight is 389 g/mol. The highest BCUT2D eigenvalue weighted by Gasteiger charge is 2.32. The van der Waals surface area contributed by atoms with E-state index < -0.39 is 14.6 Å². The maximum atomic E-state index is 11.4. The molecule has 0 atom stereocenters. The zero-order valence-corrected chi connectivity index (χ0v) is 17.2. The molecule has 5 heteroatoms. The van der Waals surface area contributed by atoms with Crippen LogP contribution in [0, 0.1) is 0 Å². The number of fused-ring (bicyclic) bond motifs is 1. The number of benzene rings is 3. The van der Waals surface area contributed by atoms with E-state index in [1.807, 2.05) is 24.3 Å². The van der Waals surface area contributed by atoms with Crippen molar-refractivity contribution in [2.24, 2.45) is 0 Å². The monoisotopic (exact) mass is 388 g/mol. The molecule has 1 radical (unpaired) electrons. The summed E-state index contributed by atoms with van der Waals surface area (Å²) in [6.45, 7) is 6.85. The Morgan fingerprint density at radius 2 is 1.64 bits per heavy atom. The fourth-order valence-corrected chi connectivity index (χ4v) is 6.63. The zero-order chi connectivity index (χ0) is 19.7. The first-order valence-electron chi connectivity index (χ1n) is 9.25. The van der Waals surface area contributed by atoms with Crippen molar-refractivity contribution in [1.82, 2.24) is 4.98 Å². The van der Waals surface area contributed by atoms with Crippen LogP contribution in [0.15, 0.2) is 82.0 Å². The van der Waals surface area contributed by atoms with E-state index in [0.29, 0.717) is 16.8 Å².